The van der Waals surface area contributed by atoms with Crippen molar-refractivity contribution in [2.75, 3.05) is 47.3 Å². The second kappa shape index (κ2) is 6.53. The number of carbonyl (C=O) groups excluding carboxylic acids is 1. The SMILES string of the molecule is CN(C)CCN(C)C(=O)C(C)(C)C1CCCNC1. The Hall–Kier alpha value is -0.610. The van der Waals surface area contributed by atoms with Gasteiger partial charge in [0.25, 0.3) is 0 Å². The summed E-state index contributed by atoms with van der Waals surface area (Å²) in [6.07, 6.45) is 2.34. The van der Waals surface area contributed by atoms with Crippen molar-refractivity contribution in [3.63, 3.8) is 0 Å². The van der Waals surface area contributed by atoms with Crippen molar-refractivity contribution in [3.05, 3.63) is 0 Å². The number of hydrogen-bond acceptors (Lipinski definition) is 3. The molecule has 1 atom stereocenters. The molecule has 1 heterocycles. The van der Waals surface area contributed by atoms with E-state index in [-0.39, 0.29) is 11.3 Å². The first kappa shape index (κ1) is 15.4. The van der Waals surface area contributed by atoms with E-state index in [0.29, 0.717) is 5.92 Å². The van der Waals surface area contributed by atoms with E-state index in [1.54, 1.807) is 0 Å². The fourth-order valence-electron chi connectivity index (χ4n) is 2.59. The summed E-state index contributed by atoms with van der Waals surface area (Å²) in [4.78, 5) is 16.5. The molecule has 1 fully saturated rings. The molecule has 4 nitrogen and oxygen atoms in total. The normalized spacial score (nSPS) is 21.1. The number of likely N-dealkylation sites (N-methyl/N-ethyl adjacent to an activating group) is 2. The smallest absolute Gasteiger partial charge is 0.228 e. The van der Waals surface area contributed by atoms with E-state index < -0.39 is 0 Å². The predicted octanol–water partition coefficient (Wildman–Crippen LogP) is 1.03. The topological polar surface area (TPSA) is 35.6 Å². The van der Waals surface area contributed by atoms with Crippen LogP contribution < -0.4 is 5.32 Å². The number of nitrogens with zero attached hydrogens (tertiary/aromatic N) is 2. The minimum absolute atomic E-state index is 0.255. The molecule has 106 valence electrons. The van der Waals surface area contributed by atoms with Gasteiger partial charge in [-0.25, -0.2) is 0 Å². The molecular formula is C14H29N3O. The van der Waals surface area contributed by atoms with Gasteiger partial charge in [0.1, 0.15) is 0 Å². The quantitative estimate of drug-likeness (QED) is 0.797. The van der Waals surface area contributed by atoms with Gasteiger partial charge in [0, 0.05) is 25.6 Å². The van der Waals surface area contributed by atoms with Crippen LogP contribution in [0, 0.1) is 11.3 Å². The van der Waals surface area contributed by atoms with Gasteiger partial charge in [-0.15, -0.1) is 0 Å². The first-order valence-electron chi connectivity index (χ1n) is 6.96. The zero-order valence-electron chi connectivity index (χ0n) is 12.6. The molecule has 0 bridgehead atoms. The number of amides is 1. The van der Waals surface area contributed by atoms with E-state index in [4.69, 9.17) is 0 Å². The minimum atomic E-state index is -0.255. The summed E-state index contributed by atoms with van der Waals surface area (Å²) < 4.78 is 0. The molecule has 1 rings (SSSR count). The number of nitrogens with one attached hydrogen (secondary N) is 1. The molecule has 0 saturated carbocycles. The van der Waals surface area contributed by atoms with Gasteiger partial charge in [-0.05, 0) is 45.9 Å². The standard InChI is InChI=1S/C14H29N3O/c1-14(2,12-7-6-8-15-11-12)13(18)17(5)10-9-16(3)4/h12,15H,6-11H2,1-5H3. The number of rotatable bonds is 5. The van der Waals surface area contributed by atoms with Crippen LogP contribution in [0.4, 0.5) is 0 Å². The second-order valence-electron chi connectivity index (χ2n) is 6.29. The van der Waals surface area contributed by atoms with Gasteiger partial charge in [-0.1, -0.05) is 13.8 Å². The summed E-state index contributed by atoms with van der Waals surface area (Å²) in [6, 6.07) is 0. The number of carbonyl (C=O) groups is 1. The van der Waals surface area contributed by atoms with Crippen molar-refractivity contribution in [3.8, 4) is 0 Å². The predicted molar refractivity (Wildman–Crippen MR) is 75.6 cm³/mol. The van der Waals surface area contributed by atoms with E-state index in [1.165, 1.54) is 6.42 Å². The van der Waals surface area contributed by atoms with Crippen LogP contribution in [0.1, 0.15) is 26.7 Å². The molecule has 0 aromatic carbocycles. The van der Waals surface area contributed by atoms with Gasteiger partial charge in [-0.2, -0.15) is 0 Å². The van der Waals surface area contributed by atoms with Gasteiger partial charge < -0.3 is 15.1 Å². The molecule has 0 spiro atoms. The van der Waals surface area contributed by atoms with E-state index in [1.807, 2.05) is 26.0 Å². The Bertz CT molecular complexity index is 270. The Kier molecular flexibility index (Phi) is 5.60. The van der Waals surface area contributed by atoms with Crippen LogP contribution >= 0.6 is 0 Å². The highest BCUT2D eigenvalue weighted by Gasteiger charge is 2.38. The summed E-state index contributed by atoms with van der Waals surface area (Å²) in [7, 11) is 5.99. The maximum absolute atomic E-state index is 12.6. The summed E-state index contributed by atoms with van der Waals surface area (Å²) in [5.41, 5.74) is -0.255. The lowest BCUT2D eigenvalue weighted by molar-refractivity contribution is -0.142. The summed E-state index contributed by atoms with van der Waals surface area (Å²) in [5.74, 6) is 0.735. The van der Waals surface area contributed by atoms with E-state index in [0.717, 1.165) is 32.6 Å². The van der Waals surface area contributed by atoms with Gasteiger partial charge >= 0.3 is 0 Å². The van der Waals surface area contributed by atoms with Crippen molar-refractivity contribution < 1.29 is 4.79 Å². The summed E-state index contributed by atoms with van der Waals surface area (Å²) in [5, 5.41) is 3.41. The molecule has 0 aromatic rings. The third kappa shape index (κ3) is 3.95. The maximum atomic E-state index is 12.6. The average molecular weight is 255 g/mol. The Morgan fingerprint density at radius 3 is 2.44 bits per heavy atom. The number of piperidine rings is 1. The highest BCUT2D eigenvalue weighted by atomic mass is 16.2. The Morgan fingerprint density at radius 2 is 1.94 bits per heavy atom. The first-order chi connectivity index (χ1) is 8.35. The fourth-order valence-corrected chi connectivity index (χ4v) is 2.59. The summed E-state index contributed by atoms with van der Waals surface area (Å²) in [6.45, 7) is 7.98. The van der Waals surface area contributed by atoms with Crippen LogP contribution in [0.15, 0.2) is 0 Å². The minimum Gasteiger partial charge on any atom is -0.344 e. The van der Waals surface area contributed by atoms with Crippen LogP contribution in [0.2, 0.25) is 0 Å². The second-order valence-corrected chi connectivity index (χ2v) is 6.29. The zero-order chi connectivity index (χ0) is 13.8. The maximum Gasteiger partial charge on any atom is 0.228 e. The van der Waals surface area contributed by atoms with E-state index in [2.05, 4.69) is 24.1 Å². The molecule has 0 aromatic heterocycles. The molecule has 4 heteroatoms. The van der Waals surface area contributed by atoms with Gasteiger partial charge in [0.2, 0.25) is 5.91 Å². The lowest BCUT2D eigenvalue weighted by Gasteiger charge is -2.38. The molecule has 1 aliphatic rings. The Morgan fingerprint density at radius 1 is 1.28 bits per heavy atom. The molecule has 1 unspecified atom stereocenters. The van der Waals surface area contributed by atoms with Gasteiger partial charge in [0.15, 0.2) is 0 Å². The van der Waals surface area contributed by atoms with Crippen molar-refractivity contribution >= 4 is 5.91 Å². The van der Waals surface area contributed by atoms with Crippen molar-refractivity contribution in [1.82, 2.24) is 15.1 Å². The van der Waals surface area contributed by atoms with E-state index in [9.17, 15) is 4.79 Å². The zero-order valence-corrected chi connectivity index (χ0v) is 12.6. The van der Waals surface area contributed by atoms with Crippen LogP contribution in [0.3, 0.4) is 0 Å². The highest BCUT2D eigenvalue weighted by molar-refractivity contribution is 5.82. The van der Waals surface area contributed by atoms with Crippen LogP contribution in [-0.4, -0.2) is 63.0 Å². The molecule has 1 N–H and O–H groups in total. The van der Waals surface area contributed by atoms with Crippen molar-refractivity contribution in [1.29, 1.82) is 0 Å². The van der Waals surface area contributed by atoms with Gasteiger partial charge in [-0.3, -0.25) is 4.79 Å². The third-order valence-corrected chi connectivity index (χ3v) is 4.10. The molecule has 1 aliphatic heterocycles. The van der Waals surface area contributed by atoms with E-state index >= 15 is 0 Å². The molecule has 1 amide bonds. The molecule has 0 radical (unpaired) electrons. The van der Waals surface area contributed by atoms with Crippen LogP contribution in [0.25, 0.3) is 0 Å². The Balaban J connectivity index is 2.56. The van der Waals surface area contributed by atoms with Gasteiger partial charge in [0.05, 0.1) is 0 Å². The lowest BCUT2D eigenvalue weighted by Crippen LogP contribution is -2.48. The monoisotopic (exact) mass is 255 g/mol. The molecular weight excluding hydrogens is 226 g/mol. The van der Waals surface area contributed by atoms with Crippen molar-refractivity contribution in [2.45, 2.75) is 26.7 Å². The van der Waals surface area contributed by atoms with Crippen molar-refractivity contribution in [2.24, 2.45) is 11.3 Å². The molecule has 1 saturated heterocycles. The van der Waals surface area contributed by atoms with Crippen LogP contribution in [0.5, 0.6) is 0 Å². The van der Waals surface area contributed by atoms with Crippen LogP contribution in [-0.2, 0) is 4.79 Å². The molecule has 18 heavy (non-hydrogen) atoms. The third-order valence-electron chi connectivity index (χ3n) is 4.10. The largest absolute Gasteiger partial charge is 0.344 e. The first-order valence-corrected chi connectivity index (χ1v) is 6.96. The highest BCUT2D eigenvalue weighted by Crippen LogP contribution is 2.33. The average Bonchev–Trinajstić information content (AvgIpc) is 2.36. The number of hydrogen-bond donors (Lipinski definition) is 1. The molecule has 0 aliphatic carbocycles. The lowest BCUT2D eigenvalue weighted by atomic mass is 9.74. The summed E-state index contributed by atoms with van der Waals surface area (Å²) >= 11 is 0. The fraction of sp³-hybridized carbons (Fsp3) is 0.929. The Labute approximate surface area is 112 Å².